The standard InChI is InChI=1S/2C12H11P.C12H10/c2*1-3-7-11(8-4-1)13-12-9-5-2-6-10-12;1-3-7-11(8-4-1)12-9-5-2-6-10-12/h2*1-10,13H;1-10H. The van der Waals surface area contributed by atoms with Gasteiger partial charge in [0.15, 0.2) is 0 Å². The first-order chi connectivity index (χ1) is 18.9. The Morgan fingerprint density at radius 2 is 0.395 bits per heavy atom. The van der Waals surface area contributed by atoms with Crippen LogP contribution in [0.25, 0.3) is 11.1 Å². The summed E-state index contributed by atoms with van der Waals surface area (Å²) in [5, 5.41) is 5.59. The van der Waals surface area contributed by atoms with Gasteiger partial charge in [-0.15, -0.1) is 0 Å². The molecule has 0 aromatic heterocycles. The van der Waals surface area contributed by atoms with Crippen molar-refractivity contribution in [3.05, 3.63) is 182 Å². The summed E-state index contributed by atoms with van der Waals surface area (Å²) in [6.07, 6.45) is 0. The predicted octanol–water partition coefficient (Wildman–Crippen LogP) is 7.99. The molecule has 0 aliphatic rings. The molecule has 6 rings (SSSR count). The van der Waals surface area contributed by atoms with Crippen LogP contribution in [0.1, 0.15) is 0 Å². The van der Waals surface area contributed by atoms with Gasteiger partial charge in [-0.1, -0.05) is 199 Å². The molecule has 0 nitrogen and oxygen atoms in total. The molecule has 0 saturated carbocycles. The number of rotatable bonds is 5. The van der Waals surface area contributed by atoms with E-state index in [0.717, 1.165) is 17.2 Å². The molecule has 0 bridgehead atoms. The van der Waals surface area contributed by atoms with Crippen LogP contribution < -0.4 is 21.2 Å². The number of hydrogen-bond acceptors (Lipinski definition) is 0. The summed E-state index contributed by atoms with van der Waals surface area (Å²) < 4.78 is 0. The molecule has 0 aliphatic heterocycles. The summed E-state index contributed by atoms with van der Waals surface area (Å²) in [4.78, 5) is 0. The predicted molar refractivity (Wildman–Crippen MR) is 173 cm³/mol. The first-order valence-corrected chi connectivity index (χ1v) is 14.7. The van der Waals surface area contributed by atoms with Gasteiger partial charge in [0.1, 0.15) is 0 Å². The lowest BCUT2D eigenvalue weighted by Gasteiger charge is -2.00. The van der Waals surface area contributed by atoms with Gasteiger partial charge in [0, 0.05) is 0 Å². The Balaban J connectivity index is 0.000000133. The normalized spacial score (nSPS) is 9.79. The van der Waals surface area contributed by atoms with E-state index in [9.17, 15) is 0 Å². The van der Waals surface area contributed by atoms with Crippen molar-refractivity contribution < 1.29 is 0 Å². The van der Waals surface area contributed by atoms with Gasteiger partial charge in [0.25, 0.3) is 0 Å². The van der Waals surface area contributed by atoms with Gasteiger partial charge >= 0.3 is 0 Å². The zero-order chi connectivity index (χ0) is 26.1. The maximum atomic E-state index is 2.17. The smallest absolute Gasteiger partial charge is 0.0184 e. The number of benzene rings is 6. The number of hydrogen-bond donors (Lipinski definition) is 0. The maximum absolute atomic E-state index is 2.17. The lowest BCUT2D eigenvalue weighted by Crippen LogP contribution is -2.01. The summed E-state index contributed by atoms with van der Waals surface area (Å²) in [7, 11) is 1.55. The largest absolute Gasteiger partial charge is 0.0622 e. The van der Waals surface area contributed by atoms with Crippen molar-refractivity contribution in [1.29, 1.82) is 0 Å². The van der Waals surface area contributed by atoms with E-state index in [-0.39, 0.29) is 0 Å². The van der Waals surface area contributed by atoms with E-state index in [1.807, 2.05) is 12.1 Å². The van der Waals surface area contributed by atoms with Crippen molar-refractivity contribution >= 4 is 38.4 Å². The van der Waals surface area contributed by atoms with E-state index in [2.05, 4.69) is 170 Å². The Bertz CT molecular complexity index is 1220. The summed E-state index contributed by atoms with van der Waals surface area (Å²) in [6.45, 7) is 0. The van der Waals surface area contributed by atoms with Crippen LogP contribution in [0.15, 0.2) is 182 Å². The molecule has 0 unspecified atom stereocenters. The average molecular weight is 527 g/mol. The molecule has 38 heavy (non-hydrogen) atoms. The topological polar surface area (TPSA) is 0 Å². The average Bonchev–Trinajstić information content (AvgIpc) is 3.01. The Kier molecular flexibility index (Phi) is 11.5. The summed E-state index contributed by atoms with van der Waals surface area (Å²) in [6, 6.07) is 63.1. The van der Waals surface area contributed by atoms with E-state index in [1.165, 1.54) is 32.3 Å². The van der Waals surface area contributed by atoms with Gasteiger partial charge in [0.05, 0.1) is 0 Å². The summed E-state index contributed by atoms with van der Waals surface area (Å²) >= 11 is 0. The van der Waals surface area contributed by atoms with Crippen LogP contribution in [0.3, 0.4) is 0 Å². The highest BCUT2D eigenvalue weighted by molar-refractivity contribution is 7.55. The molecule has 0 spiro atoms. The highest BCUT2D eigenvalue weighted by Crippen LogP contribution is 2.17. The minimum absolute atomic E-state index is 0.777. The molecule has 0 aliphatic carbocycles. The molecular formula is C36H32P2. The van der Waals surface area contributed by atoms with Crippen LogP contribution in [0, 0.1) is 0 Å². The molecule has 0 atom stereocenters. The fourth-order valence-corrected chi connectivity index (χ4v) is 5.78. The molecule has 0 saturated heterocycles. The van der Waals surface area contributed by atoms with E-state index in [1.54, 1.807) is 0 Å². The van der Waals surface area contributed by atoms with Crippen LogP contribution >= 0.6 is 17.2 Å². The zero-order valence-corrected chi connectivity index (χ0v) is 23.3. The Hall–Kier alpha value is -3.82. The van der Waals surface area contributed by atoms with E-state index < -0.39 is 0 Å². The summed E-state index contributed by atoms with van der Waals surface area (Å²) in [5.41, 5.74) is 2.55. The highest BCUT2D eigenvalue weighted by Gasteiger charge is 1.94. The Morgan fingerprint density at radius 3 is 0.605 bits per heavy atom. The van der Waals surface area contributed by atoms with Gasteiger partial charge in [-0.05, 0) is 32.3 Å². The van der Waals surface area contributed by atoms with Gasteiger partial charge in [-0.25, -0.2) is 0 Å². The summed E-state index contributed by atoms with van der Waals surface area (Å²) in [5.74, 6) is 0. The lowest BCUT2D eigenvalue weighted by molar-refractivity contribution is 1.62. The van der Waals surface area contributed by atoms with Crippen LogP contribution in [-0.4, -0.2) is 0 Å². The first-order valence-electron chi connectivity index (χ1n) is 12.7. The molecule has 6 aromatic rings. The quantitative estimate of drug-likeness (QED) is 0.200. The van der Waals surface area contributed by atoms with Crippen LogP contribution in [-0.2, 0) is 0 Å². The van der Waals surface area contributed by atoms with Crippen LogP contribution in [0.2, 0.25) is 0 Å². The fraction of sp³-hybridized carbons (Fsp3) is 0. The van der Waals surface area contributed by atoms with Gasteiger partial charge < -0.3 is 0 Å². The second kappa shape index (κ2) is 16.1. The molecule has 186 valence electrons. The lowest BCUT2D eigenvalue weighted by atomic mass is 10.1. The SMILES string of the molecule is c1ccc(-c2ccccc2)cc1.c1ccc(Pc2ccccc2)cc1.c1ccc(Pc2ccccc2)cc1. The van der Waals surface area contributed by atoms with Crippen molar-refractivity contribution in [2.45, 2.75) is 0 Å². The van der Waals surface area contributed by atoms with Crippen molar-refractivity contribution in [3.63, 3.8) is 0 Å². The minimum atomic E-state index is 0.777. The Morgan fingerprint density at radius 1 is 0.211 bits per heavy atom. The second-order valence-corrected chi connectivity index (χ2v) is 11.3. The van der Waals surface area contributed by atoms with Crippen molar-refractivity contribution in [2.24, 2.45) is 0 Å². The molecule has 0 radical (unpaired) electrons. The van der Waals surface area contributed by atoms with E-state index >= 15 is 0 Å². The molecule has 2 heteroatoms. The molecule has 0 amide bonds. The van der Waals surface area contributed by atoms with Crippen molar-refractivity contribution in [1.82, 2.24) is 0 Å². The van der Waals surface area contributed by atoms with Gasteiger partial charge in [-0.2, -0.15) is 0 Å². The highest BCUT2D eigenvalue weighted by atomic mass is 31.1. The first kappa shape index (κ1) is 27.2. The van der Waals surface area contributed by atoms with Crippen molar-refractivity contribution in [3.8, 4) is 11.1 Å². The zero-order valence-electron chi connectivity index (χ0n) is 21.3. The Labute approximate surface area is 231 Å². The third kappa shape index (κ3) is 9.91. The molecule has 6 aromatic carbocycles. The molecule has 0 fully saturated rings. The van der Waals surface area contributed by atoms with E-state index in [4.69, 9.17) is 0 Å². The van der Waals surface area contributed by atoms with Crippen molar-refractivity contribution in [2.75, 3.05) is 0 Å². The molecule has 0 heterocycles. The van der Waals surface area contributed by atoms with Gasteiger partial charge in [0.2, 0.25) is 0 Å². The fourth-order valence-electron chi connectivity index (χ4n) is 3.68. The van der Waals surface area contributed by atoms with Crippen LogP contribution in [0.5, 0.6) is 0 Å². The maximum Gasteiger partial charge on any atom is -0.0184 e. The van der Waals surface area contributed by atoms with E-state index in [0.29, 0.717) is 0 Å². The van der Waals surface area contributed by atoms with Crippen LogP contribution in [0.4, 0.5) is 0 Å². The monoisotopic (exact) mass is 526 g/mol. The molecular weight excluding hydrogens is 494 g/mol. The minimum Gasteiger partial charge on any atom is -0.0622 e. The third-order valence-corrected chi connectivity index (χ3v) is 8.04. The van der Waals surface area contributed by atoms with Gasteiger partial charge in [-0.3, -0.25) is 0 Å². The third-order valence-electron chi connectivity index (χ3n) is 5.55. The second-order valence-electron chi connectivity index (χ2n) is 8.45. The molecule has 0 N–H and O–H groups in total.